The molecule has 2 heterocycles. The molecule has 0 radical (unpaired) electrons. The predicted molar refractivity (Wildman–Crippen MR) is 109 cm³/mol. The lowest BCUT2D eigenvalue weighted by atomic mass is 9.94. The second kappa shape index (κ2) is 7.64. The van der Waals surface area contributed by atoms with E-state index in [1.54, 1.807) is 0 Å². The SMILES string of the molecule is CCC(N)(CC)CNC(=O)CCc1c(C)nc2c3ccccc3nn2c1C. The Balaban J connectivity index is 1.77. The molecule has 0 aliphatic rings. The summed E-state index contributed by atoms with van der Waals surface area (Å²) in [5.74, 6) is 0.0243. The van der Waals surface area contributed by atoms with Crippen molar-refractivity contribution in [3.8, 4) is 0 Å². The van der Waals surface area contributed by atoms with Gasteiger partial charge in [0.25, 0.3) is 0 Å². The lowest BCUT2D eigenvalue weighted by Gasteiger charge is -2.26. The van der Waals surface area contributed by atoms with Crippen molar-refractivity contribution in [1.29, 1.82) is 0 Å². The third kappa shape index (κ3) is 3.81. The molecule has 1 aromatic carbocycles. The van der Waals surface area contributed by atoms with Crippen LogP contribution in [0.15, 0.2) is 24.3 Å². The minimum atomic E-state index is -0.322. The quantitative estimate of drug-likeness (QED) is 0.672. The van der Waals surface area contributed by atoms with Crippen molar-refractivity contribution < 1.29 is 4.79 Å². The van der Waals surface area contributed by atoms with E-state index in [1.165, 1.54) is 0 Å². The van der Waals surface area contributed by atoms with Crippen LogP contribution in [0.1, 0.15) is 50.1 Å². The standard InChI is InChI=1S/C21H29N5O/c1-5-21(22,6-2)13-23-19(27)12-11-16-14(3)24-20-17-9-7-8-10-18(17)25-26(20)15(16)4/h7-10H,5-6,11-13,22H2,1-4H3,(H,23,27). The van der Waals surface area contributed by atoms with Crippen LogP contribution >= 0.6 is 0 Å². The monoisotopic (exact) mass is 367 g/mol. The molecule has 0 aliphatic carbocycles. The van der Waals surface area contributed by atoms with Crippen molar-refractivity contribution in [2.24, 2.45) is 5.73 Å². The van der Waals surface area contributed by atoms with E-state index >= 15 is 0 Å². The van der Waals surface area contributed by atoms with E-state index in [1.807, 2.05) is 42.6 Å². The van der Waals surface area contributed by atoms with E-state index in [2.05, 4.69) is 24.3 Å². The molecule has 3 rings (SSSR count). The van der Waals surface area contributed by atoms with Crippen molar-refractivity contribution in [3.05, 3.63) is 41.2 Å². The van der Waals surface area contributed by atoms with Crippen LogP contribution in [-0.4, -0.2) is 32.6 Å². The number of rotatable bonds is 7. The molecule has 0 bridgehead atoms. The minimum Gasteiger partial charge on any atom is -0.354 e. The number of carbonyl (C=O) groups is 1. The van der Waals surface area contributed by atoms with Crippen LogP contribution in [0.2, 0.25) is 0 Å². The summed E-state index contributed by atoms with van der Waals surface area (Å²) in [6.45, 7) is 8.66. The molecule has 27 heavy (non-hydrogen) atoms. The van der Waals surface area contributed by atoms with Gasteiger partial charge in [-0.25, -0.2) is 9.50 Å². The molecule has 144 valence electrons. The second-order valence-electron chi connectivity index (χ2n) is 7.36. The molecule has 0 spiro atoms. The molecule has 3 N–H and O–H groups in total. The molecule has 2 aromatic heterocycles. The highest BCUT2D eigenvalue weighted by Gasteiger charge is 2.21. The second-order valence-corrected chi connectivity index (χ2v) is 7.36. The molecule has 1 amide bonds. The minimum absolute atomic E-state index is 0.0243. The highest BCUT2D eigenvalue weighted by molar-refractivity contribution is 5.92. The lowest BCUT2D eigenvalue weighted by Crippen LogP contribution is -2.49. The number of carbonyl (C=O) groups excluding carboxylic acids is 1. The number of hydrogen-bond acceptors (Lipinski definition) is 4. The summed E-state index contributed by atoms with van der Waals surface area (Å²) in [5, 5.41) is 8.71. The summed E-state index contributed by atoms with van der Waals surface area (Å²) in [6.07, 6.45) is 2.74. The Kier molecular flexibility index (Phi) is 5.46. The van der Waals surface area contributed by atoms with Crippen molar-refractivity contribution >= 4 is 22.5 Å². The van der Waals surface area contributed by atoms with Gasteiger partial charge in [0, 0.05) is 35.3 Å². The first-order chi connectivity index (χ1) is 12.9. The maximum Gasteiger partial charge on any atom is 0.220 e. The first kappa shape index (κ1) is 19.3. The van der Waals surface area contributed by atoms with Gasteiger partial charge in [-0.15, -0.1) is 0 Å². The third-order valence-electron chi connectivity index (χ3n) is 5.67. The molecular weight excluding hydrogens is 338 g/mol. The fourth-order valence-corrected chi connectivity index (χ4v) is 3.44. The van der Waals surface area contributed by atoms with Gasteiger partial charge in [0.2, 0.25) is 5.91 Å². The van der Waals surface area contributed by atoms with Crippen molar-refractivity contribution in [1.82, 2.24) is 19.9 Å². The van der Waals surface area contributed by atoms with Crippen LogP contribution in [0, 0.1) is 13.8 Å². The van der Waals surface area contributed by atoms with Gasteiger partial charge in [-0.3, -0.25) is 4.79 Å². The van der Waals surface area contributed by atoms with E-state index in [0.29, 0.717) is 19.4 Å². The highest BCUT2D eigenvalue weighted by atomic mass is 16.1. The van der Waals surface area contributed by atoms with Gasteiger partial charge in [0.15, 0.2) is 5.65 Å². The number of aromatic nitrogens is 3. The summed E-state index contributed by atoms with van der Waals surface area (Å²) < 4.78 is 1.89. The molecule has 6 nitrogen and oxygen atoms in total. The van der Waals surface area contributed by atoms with Crippen molar-refractivity contribution in [3.63, 3.8) is 0 Å². The van der Waals surface area contributed by atoms with Gasteiger partial charge in [-0.05, 0) is 50.8 Å². The van der Waals surface area contributed by atoms with Gasteiger partial charge in [-0.1, -0.05) is 26.0 Å². The zero-order valence-electron chi connectivity index (χ0n) is 16.7. The molecule has 0 fully saturated rings. The highest BCUT2D eigenvalue weighted by Crippen LogP contribution is 2.22. The van der Waals surface area contributed by atoms with Crippen LogP contribution < -0.4 is 11.1 Å². The van der Waals surface area contributed by atoms with E-state index < -0.39 is 0 Å². The number of hydrogen-bond donors (Lipinski definition) is 2. The Morgan fingerprint density at radius 1 is 1.22 bits per heavy atom. The molecule has 0 unspecified atom stereocenters. The molecule has 0 saturated carbocycles. The number of benzene rings is 1. The Labute approximate surface area is 160 Å². The predicted octanol–water partition coefficient (Wildman–Crippen LogP) is 3.07. The van der Waals surface area contributed by atoms with Crippen molar-refractivity contribution in [2.45, 2.75) is 58.9 Å². The summed E-state index contributed by atoms with van der Waals surface area (Å²) in [5.41, 5.74) is 10.8. The van der Waals surface area contributed by atoms with Gasteiger partial charge in [-0.2, -0.15) is 5.10 Å². The summed E-state index contributed by atoms with van der Waals surface area (Å²) in [4.78, 5) is 17.1. The van der Waals surface area contributed by atoms with Gasteiger partial charge >= 0.3 is 0 Å². The average molecular weight is 367 g/mol. The Bertz CT molecular complexity index is 972. The number of nitrogens with two attached hydrogens (primary N) is 1. The number of aryl methyl sites for hydroxylation is 2. The lowest BCUT2D eigenvalue weighted by molar-refractivity contribution is -0.121. The maximum atomic E-state index is 12.3. The van der Waals surface area contributed by atoms with E-state index in [4.69, 9.17) is 10.7 Å². The van der Waals surface area contributed by atoms with Crippen molar-refractivity contribution in [2.75, 3.05) is 6.54 Å². The van der Waals surface area contributed by atoms with E-state index in [0.717, 1.165) is 46.3 Å². The zero-order chi connectivity index (χ0) is 19.6. The number of fused-ring (bicyclic) bond motifs is 3. The molecule has 0 atom stereocenters. The Morgan fingerprint density at radius 2 is 1.93 bits per heavy atom. The maximum absolute atomic E-state index is 12.3. The first-order valence-corrected chi connectivity index (χ1v) is 9.67. The molecule has 3 aromatic rings. The number of amides is 1. The summed E-state index contributed by atoms with van der Waals surface area (Å²) in [6, 6.07) is 8.01. The van der Waals surface area contributed by atoms with Gasteiger partial charge in [0.1, 0.15) is 0 Å². The van der Waals surface area contributed by atoms with Crippen LogP contribution in [0.3, 0.4) is 0 Å². The van der Waals surface area contributed by atoms with Gasteiger partial charge in [0.05, 0.1) is 5.52 Å². The topological polar surface area (TPSA) is 85.3 Å². The molecular formula is C21H29N5O. The van der Waals surface area contributed by atoms with Crippen LogP contribution in [0.25, 0.3) is 16.6 Å². The number of nitrogens with zero attached hydrogens (tertiary/aromatic N) is 3. The largest absolute Gasteiger partial charge is 0.354 e. The van der Waals surface area contributed by atoms with Crippen LogP contribution in [0.5, 0.6) is 0 Å². The fraction of sp³-hybridized carbons (Fsp3) is 0.476. The fourth-order valence-electron chi connectivity index (χ4n) is 3.44. The Hall–Kier alpha value is -2.47. The zero-order valence-corrected chi connectivity index (χ0v) is 16.7. The van der Waals surface area contributed by atoms with E-state index in [9.17, 15) is 4.79 Å². The molecule has 0 aliphatic heterocycles. The number of nitrogens with one attached hydrogen (secondary N) is 1. The first-order valence-electron chi connectivity index (χ1n) is 9.67. The average Bonchev–Trinajstić information content (AvgIpc) is 3.05. The molecule has 6 heteroatoms. The third-order valence-corrected chi connectivity index (χ3v) is 5.67. The van der Waals surface area contributed by atoms with E-state index in [-0.39, 0.29) is 11.4 Å². The smallest absolute Gasteiger partial charge is 0.220 e. The Morgan fingerprint density at radius 3 is 2.63 bits per heavy atom. The summed E-state index contributed by atoms with van der Waals surface area (Å²) in [7, 11) is 0. The normalized spacial score (nSPS) is 12.0. The molecule has 0 saturated heterocycles. The van der Waals surface area contributed by atoms with Gasteiger partial charge < -0.3 is 11.1 Å². The van der Waals surface area contributed by atoms with Crippen LogP contribution in [0.4, 0.5) is 0 Å². The summed E-state index contributed by atoms with van der Waals surface area (Å²) >= 11 is 0. The van der Waals surface area contributed by atoms with Crippen LogP contribution in [-0.2, 0) is 11.2 Å².